The van der Waals surface area contributed by atoms with Gasteiger partial charge in [0.1, 0.15) is 0 Å². The molecule has 0 radical (unpaired) electrons. The van der Waals surface area contributed by atoms with Gasteiger partial charge in [-0.1, -0.05) is 16.7 Å². The molecule has 0 aliphatic heterocycles. The zero-order valence-corrected chi connectivity index (χ0v) is 8.07. The predicted molar refractivity (Wildman–Crippen MR) is 50.6 cm³/mol. The van der Waals surface area contributed by atoms with Gasteiger partial charge in [-0.15, -0.1) is 0 Å². The Morgan fingerprint density at radius 3 is 3.08 bits per heavy atom. The molecule has 70 valence electrons. The van der Waals surface area contributed by atoms with Crippen LogP contribution in [0.2, 0.25) is 5.02 Å². The molecule has 1 aromatic rings. The van der Waals surface area contributed by atoms with Gasteiger partial charge in [0.15, 0.2) is 0 Å². The number of rotatable bonds is 4. The van der Waals surface area contributed by atoms with Crippen LogP contribution < -0.4 is 0 Å². The summed E-state index contributed by atoms with van der Waals surface area (Å²) in [4.78, 5) is 2.66. The van der Waals surface area contributed by atoms with Crippen molar-refractivity contribution in [2.45, 2.75) is 19.9 Å². The Kier molecular flexibility index (Phi) is 3.61. The highest BCUT2D eigenvalue weighted by Crippen LogP contribution is 2.13. The Bertz CT molecular complexity index is 326. The van der Waals surface area contributed by atoms with Gasteiger partial charge in [0.05, 0.1) is 16.9 Å². The zero-order valence-electron chi connectivity index (χ0n) is 7.31. The maximum Gasteiger partial charge on any atom is 0.0814 e. The minimum absolute atomic E-state index is 0.493. The van der Waals surface area contributed by atoms with Gasteiger partial charge in [0.25, 0.3) is 0 Å². The van der Waals surface area contributed by atoms with Crippen LogP contribution in [-0.4, -0.2) is 16.3 Å². The van der Waals surface area contributed by atoms with Crippen LogP contribution >= 0.6 is 11.6 Å². The van der Waals surface area contributed by atoms with Gasteiger partial charge in [-0.25, -0.2) is 0 Å². The molecule has 13 heavy (non-hydrogen) atoms. The van der Waals surface area contributed by atoms with Crippen molar-refractivity contribution in [1.29, 1.82) is 0 Å². The third-order valence-electron chi connectivity index (χ3n) is 1.73. The van der Waals surface area contributed by atoms with Gasteiger partial charge in [-0.05, 0) is 18.9 Å². The zero-order chi connectivity index (χ0) is 9.68. The van der Waals surface area contributed by atoms with Crippen molar-refractivity contribution in [3.8, 4) is 0 Å². The summed E-state index contributed by atoms with van der Waals surface area (Å²) in [5.74, 6) is 0. The number of halogens is 1. The molecule has 0 N–H and O–H groups in total. The molecule has 0 saturated carbocycles. The molecule has 0 atom stereocenters. The Balaban J connectivity index is 2.45. The average Bonchev–Trinajstić information content (AvgIpc) is 2.43. The standard InChI is InChI=1S/C7H10ClN5/c1-6-7(8)5-11-13(6)4-2-3-10-12-9/h5H,2-4H2,1H3. The smallest absolute Gasteiger partial charge is 0.0814 e. The lowest BCUT2D eigenvalue weighted by Gasteiger charge is -2.01. The average molecular weight is 200 g/mol. The molecule has 1 heterocycles. The van der Waals surface area contributed by atoms with Gasteiger partial charge in [-0.3, -0.25) is 4.68 Å². The summed E-state index contributed by atoms with van der Waals surface area (Å²) in [5.41, 5.74) is 8.98. The van der Waals surface area contributed by atoms with Crippen molar-refractivity contribution in [2.24, 2.45) is 5.11 Å². The van der Waals surface area contributed by atoms with Gasteiger partial charge < -0.3 is 0 Å². The second kappa shape index (κ2) is 4.74. The quantitative estimate of drug-likeness (QED) is 0.318. The molecule has 0 aliphatic carbocycles. The normalized spacial score (nSPS) is 9.69. The maximum absolute atomic E-state index is 8.04. The third-order valence-corrected chi connectivity index (χ3v) is 2.11. The van der Waals surface area contributed by atoms with E-state index in [1.165, 1.54) is 0 Å². The minimum Gasteiger partial charge on any atom is -0.268 e. The van der Waals surface area contributed by atoms with E-state index in [2.05, 4.69) is 15.1 Å². The summed E-state index contributed by atoms with van der Waals surface area (Å²) in [6.07, 6.45) is 2.40. The summed E-state index contributed by atoms with van der Waals surface area (Å²) < 4.78 is 1.80. The molecular formula is C7H10ClN5. The molecule has 0 aromatic carbocycles. The molecule has 1 rings (SSSR count). The lowest BCUT2D eigenvalue weighted by molar-refractivity contribution is 0.570. The van der Waals surface area contributed by atoms with Gasteiger partial charge >= 0.3 is 0 Å². The van der Waals surface area contributed by atoms with E-state index in [9.17, 15) is 0 Å². The summed E-state index contributed by atoms with van der Waals surface area (Å²) in [6.45, 7) is 3.13. The van der Waals surface area contributed by atoms with Crippen LogP contribution in [0.25, 0.3) is 10.4 Å². The van der Waals surface area contributed by atoms with E-state index in [1.54, 1.807) is 10.9 Å². The van der Waals surface area contributed by atoms with Gasteiger partial charge in [-0.2, -0.15) is 5.10 Å². The Morgan fingerprint density at radius 2 is 2.54 bits per heavy atom. The highest BCUT2D eigenvalue weighted by molar-refractivity contribution is 6.31. The van der Waals surface area contributed by atoms with Crippen molar-refractivity contribution < 1.29 is 0 Å². The summed E-state index contributed by atoms with van der Waals surface area (Å²) in [6, 6.07) is 0. The number of aromatic nitrogens is 2. The van der Waals surface area contributed by atoms with Crippen molar-refractivity contribution in [1.82, 2.24) is 9.78 Å². The van der Waals surface area contributed by atoms with Crippen molar-refractivity contribution in [3.05, 3.63) is 27.4 Å². The summed E-state index contributed by atoms with van der Waals surface area (Å²) in [5, 5.41) is 8.16. The fourth-order valence-corrected chi connectivity index (χ4v) is 1.13. The van der Waals surface area contributed by atoms with Crippen LogP contribution in [0.5, 0.6) is 0 Å². The number of hydrogen-bond donors (Lipinski definition) is 0. The Hall–Kier alpha value is -1.19. The molecule has 0 saturated heterocycles. The van der Waals surface area contributed by atoms with Crippen molar-refractivity contribution in [3.63, 3.8) is 0 Å². The van der Waals surface area contributed by atoms with Crippen LogP contribution in [0.3, 0.4) is 0 Å². The van der Waals surface area contributed by atoms with E-state index < -0.39 is 0 Å². The van der Waals surface area contributed by atoms with E-state index in [-0.39, 0.29) is 0 Å². The topological polar surface area (TPSA) is 66.6 Å². The second-order valence-corrected chi connectivity index (χ2v) is 3.02. The molecule has 0 bridgehead atoms. The molecule has 6 heteroatoms. The molecule has 1 aromatic heterocycles. The first kappa shape index (κ1) is 9.89. The highest BCUT2D eigenvalue weighted by atomic mass is 35.5. The van der Waals surface area contributed by atoms with Crippen LogP contribution in [0.4, 0.5) is 0 Å². The number of hydrogen-bond acceptors (Lipinski definition) is 2. The monoisotopic (exact) mass is 199 g/mol. The van der Waals surface area contributed by atoms with Gasteiger partial charge in [0.2, 0.25) is 0 Å². The fourth-order valence-electron chi connectivity index (χ4n) is 0.985. The van der Waals surface area contributed by atoms with Gasteiger partial charge in [0, 0.05) is 18.0 Å². The largest absolute Gasteiger partial charge is 0.268 e. The second-order valence-electron chi connectivity index (χ2n) is 2.61. The predicted octanol–water partition coefficient (Wildman–Crippen LogP) is 2.55. The lowest BCUT2D eigenvalue weighted by atomic mass is 10.4. The van der Waals surface area contributed by atoms with E-state index in [0.717, 1.165) is 18.7 Å². The van der Waals surface area contributed by atoms with Crippen molar-refractivity contribution >= 4 is 11.6 Å². The first-order chi connectivity index (χ1) is 6.25. The minimum atomic E-state index is 0.493. The van der Waals surface area contributed by atoms with E-state index >= 15 is 0 Å². The Labute approximate surface area is 80.9 Å². The molecule has 0 unspecified atom stereocenters. The number of aryl methyl sites for hydroxylation is 1. The molecular weight excluding hydrogens is 190 g/mol. The fraction of sp³-hybridized carbons (Fsp3) is 0.571. The summed E-state index contributed by atoms with van der Waals surface area (Å²) in [7, 11) is 0. The third kappa shape index (κ3) is 2.65. The molecule has 0 fully saturated rings. The van der Waals surface area contributed by atoms with Crippen LogP contribution in [0.1, 0.15) is 12.1 Å². The van der Waals surface area contributed by atoms with Crippen LogP contribution in [-0.2, 0) is 6.54 Å². The maximum atomic E-state index is 8.04. The molecule has 0 amide bonds. The number of azide groups is 1. The van der Waals surface area contributed by atoms with E-state index in [0.29, 0.717) is 11.6 Å². The van der Waals surface area contributed by atoms with E-state index in [4.69, 9.17) is 17.1 Å². The SMILES string of the molecule is Cc1c(Cl)cnn1CCCN=[N+]=[N-]. The first-order valence-electron chi connectivity index (χ1n) is 3.94. The van der Waals surface area contributed by atoms with Crippen LogP contribution in [0, 0.1) is 6.92 Å². The van der Waals surface area contributed by atoms with E-state index in [1.807, 2.05) is 6.92 Å². The Morgan fingerprint density at radius 1 is 1.77 bits per heavy atom. The lowest BCUT2D eigenvalue weighted by Crippen LogP contribution is -2.03. The van der Waals surface area contributed by atoms with Crippen molar-refractivity contribution in [2.75, 3.05) is 6.54 Å². The summed E-state index contributed by atoms with van der Waals surface area (Å²) >= 11 is 5.80. The van der Waals surface area contributed by atoms with Crippen LogP contribution in [0.15, 0.2) is 11.3 Å². The molecule has 5 nitrogen and oxygen atoms in total. The molecule has 0 spiro atoms. The molecule has 0 aliphatic rings. The number of nitrogens with zero attached hydrogens (tertiary/aromatic N) is 5. The first-order valence-corrected chi connectivity index (χ1v) is 4.32. The highest BCUT2D eigenvalue weighted by Gasteiger charge is 2.01.